The molecule has 1 saturated heterocycles. The van der Waals surface area contributed by atoms with Crippen molar-refractivity contribution in [2.75, 3.05) is 39.4 Å². The van der Waals surface area contributed by atoms with Gasteiger partial charge in [0, 0.05) is 42.3 Å². The molecule has 6 nitrogen and oxygen atoms in total. The number of amides is 1. The molecule has 166 valence electrons. The van der Waals surface area contributed by atoms with Crippen molar-refractivity contribution in [2.45, 2.75) is 19.4 Å². The highest BCUT2D eigenvalue weighted by Crippen LogP contribution is 2.43. The van der Waals surface area contributed by atoms with Crippen molar-refractivity contribution >= 4 is 17.5 Å². The second kappa shape index (κ2) is 9.06. The lowest BCUT2D eigenvalue weighted by atomic mass is 9.95. The highest BCUT2D eigenvalue weighted by Gasteiger charge is 2.42. The summed E-state index contributed by atoms with van der Waals surface area (Å²) in [6, 6.07) is 15.9. The number of benzene rings is 2. The van der Waals surface area contributed by atoms with E-state index in [2.05, 4.69) is 46.3 Å². The molecule has 0 spiro atoms. The molecule has 5 rings (SSSR count). The van der Waals surface area contributed by atoms with Gasteiger partial charge in [-0.1, -0.05) is 53.6 Å². The summed E-state index contributed by atoms with van der Waals surface area (Å²) in [6.07, 6.45) is 0.903. The number of H-pyrrole nitrogens is 1. The van der Waals surface area contributed by atoms with E-state index in [9.17, 15) is 4.79 Å². The van der Waals surface area contributed by atoms with E-state index in [0.29, 0.717) is 17.3 Å². The number of aromatic nitrogens is 2. The normalized spacial score (nSPS) is 18.9. The molecule has 0 aliphatic carbocycles. The van der Waals surface area contributed by atoms with E-state index < -0.39 is 0 Å². The van der Waals surface area contributed by atoms with E-state index in [0.717, 1.165) is 61.7 Å². The Hall–Kier alpha value is -2.67. The topological polar surface area (TPSA) is 61.5 Å². The lowest BCUT2D eigenvalue weighted by Gasteiger charge is -2.29. The number of morpholine rings is 1. The standard InChI is InChI=1S/C25H27ClN4O2/c1-17-6-8-18(9-7-17)22-21-23(28-27-22)25(31)30(11-3-10-29-12-14-32-15-13-29)24(21)19-4-2-5-20(26)16-19/h2,4-9,16,24H,3,10-15H2,1H3,(H,27,28). The van der Waals surface area contributed by atoms with E-state index in [1.807, 2.05) is 29.2 Å². The summed E-state index contributed by atoms with van der Waals surface area (Å²) in [5.41, 5.74) is 5.54. The van der Waals surface area contributed by atoms with Gasteiger partial charge >= 0.3 is 0 Å². The van der Waals surface area contributed by atoms with Crippen LogP contribution in [0.25, 0.3) is 11.3 Å². The molecule has 1 aromatic heterocycles. The molecule has 0 saturated carbocycles. The zero-order chi connectivity index (χ0) is 22.1. The van der Waals surface area contributed by atoms with Crippen LogP contribution in [0.15, 0.2) is 48.5 Å². The summed E-state index contributed by atoms with van der Waals surface area (Å²) >= 11 is 6.34. The molecule has 2 aromatic carbocycles. The molecule has 3 heterocycles. The number of halogens is 1. The van der Waals surface area contributed by atoms with Crippen LogP contribution in [0, 0.1) is 6.92 Å². The van der Waals surface area contributed by atoms with Crippen molar-refractivity contribution in [3.05, 3.63) is 75.9 Å². The second-order valence-corrected chi connectivity index (χ2v) is 8.93. The number of fused-ring (bicyclic) bond motifs is 1. The maximum atomic E-state index is 13.4. The van der Waals surface area contributed by atoms with Crippen LogP contribution in [-0.2, 0) is 4.74 Å². The first-order chi connectivity index (χ1) is 15.6. The molecule has 1 atom stereocenters. The maximum absolute atomic E-state index is 13.4. The Morgan fingerprint density at radius 3 is 2.66 bits per heavy atom. The first kappa shape index (κ1) is 21.2. The summed E-state index contributed by atoms with van der Waals surface area (Å²) in [5, 5.41) is 8.24. The molecule has 1 unspecified atom stereocenters. The SMILES string of the molecule is Cc1ccc(-c2n[nH]c3c2C(c2cccc(Cl)c2)N(CCCN2CCOCC2)C3=O)cc1. The van der Waals surface area contributed by atoms with Gasteiger partial charge in [-0.05, 0) is 31.0 Å². The van der Waals surface area contributed by atoms with E-state index in [1.54, 1.807) is 0 Å². The molecule has 1 N–H and O–H groups in total. The zero-order valence-electron chi connectivity index (χ0n) is 18.2. The molecule has 0 bridgehead atoms. The van der Waals surface area contributed by atoms with Gasteiger partial charge in [-0.15, -0.1) is 0 Å². The number of hydrogen-bond acceptors (Lipinski definition) is 4. The predicted molar refractivity (Wildman–Crippen MR) is 125 cm³/mol. The largest absolute Gasteiger partial charge is 0.379 e. The van der Waals surface area contributed by atoms with Gasteiger partial charge in [0.15, 0.2) is 0 Å². The fourth-order valence-corrected chi connectivity index (χ4v) is 4.87. The summed E-state index contributed by atoms with van der Waals surface area (Å²) in [4.78, 5) is 17.8. The van der Waals surface area contributed by atoms with Crippen LogP contribution in [0.3, 0.4) is 0 Å². The number of hydrogen-bond donors (Lipinski definition) is 1. The van der Waals surface area contributed by atoms with Gasteiger partial charge in [0.25, 0.3) is 5.91 Å². The van der Waals surface area contributed by atoms with Crippen molar-refractivity contribution in [3.8, 4) is 11.3 Å². The number of aryl methyl sites for hydroxylation is 1. The third kappa shape index (κ3) is 4.06. The number of nitrogens with zero attached hydrogens (tertiary/aromatic N) is 3. The average molecular weight is 451 g/mol. The molecule has 0 radical (unpaired) electrons. The summed E-state index contributed by atoms with van der Waals surface area (Å²) in [7, 11) is 0. The highest BCUT2D eigenvalue weighted by atomic mass is 35.5. The molecule has 1 fully saturated rings. The lowest BCUT2D eigenvalue weighted by molar-refractivity contribution is 0.0354. The number of carbonyl (C=O) groups is 1. The van der Waals surface area contributed by atoms with Crippen LogP contribution in [0.2, 0.25) is 5.02 Å². The number of carbonyl (C=O) groups excluding carboxylic acids is 1. The van der Waals surface area contributed by atoms with Gasteiger partial charge < -0.3 is 9.64 Å². The minimum atomic E-state index is -0.212. The summed E-state index contributed by atoms with van der Waals surface area (Å²) in [6.45, 7) is 7.15. The Morgan fingerprint density at radius 2 is 1.91 bits per heavy atom. The Labute approximate surface area is 193 Å². The number of nitrogens with one attached hydrogen (secondary N) is 1. The molecule has 32 heavy (non-hydrogen) atoms. The summed E-state index contributed by atoms with van der Waals surface area (Å²) in [5.74, 6) is -0.00202. The van der Waals surface area contributed by atoms with Gasteiger partial charge in [0.05, 0.1) is 24.9 Å². The Bertz CT molecular complexity index is 1110. The molecule has 1 amide bonds. The van der Waals surface area contributed by atoms with E-state index >= 15 is 0 Å². The van der Waals surface area contributed by atoms with Gasteiger partial charge in [0.2, 0.25) is 0 Å². The number of rotatable bonds is 6. The van der Waals surface area contributed by atoms with Crippen molar-refractivity contribution in [1.82, 2.24) is 20.0 Å². The monoisotopic (exact) mass is 450 g/mol. The van der Waals surface area contributed by atoms with Crippen molar-refractivity contribution < 1.29 is 9.53 Å². The van der Waals surface area contributed by atoms with E-state index in [1.165, 1.54) is 5.56 Å². The van der Waals surface area contributed by atoms with Gasteiger partial charge in [0.1, 0.15) is 5.69 Å². The fraction of sp³-hybridized carbons (Fsp3) is 0.360. The Morgan fingerprint density at radius 1 is 1.12 bits per heavy atom. The third-order valence-electron chi connectivity index (χ3n) is 6.33. The molecule has 7 heteroatoms. The predicted octanol–water partition coefficient (Wildman–Crippen LogP) is 4.31. The molecule has 3 aromatic rings. The fourth-order valence-electron chi connectivity index (χ4n) is 4.67. The first-order valence-corrected chi connectivity index (χ1v) is 11.5. The maximum Gasteiger partial charge on any atom is 0.273 e. The van der Waals surface area contributed by atoms with Gasteiger partial charge in [-0.25, -0.2) is 0 Å². The second-order valence-electron chi connectivity index (χ2n) is 8.49. The van der Waals surface area contributed by atoms with Gasteiger partial charge in [-0.3, -0.25) is 14.8 Å². The quantitative estimate of drug-likeness (QED) is 0.608. The minimum Gasteiger partial charge on any atom is -0.379 e. The lowest BCUT2D eigenvalue weighted by Crippen LogP contribution is -2.38. The smallest absolute Gasteiger partial charge is 0.273 e. The van der Waals surface area contributed by atoms with Crippen LogP contribution in [-0.4, -0.2) is 65.3 Å². The zero-order valence-corrected chi connectivity index (χ0v) is 18.9. The molecule has 2 aliphatic rings. The Kier molecular flexibility index (Phi) is 6.00. The van der Waals surface area contributed by atoms with Crippen molar-refractivity contribution in [3.63, 3.8) is 0 Å². The van der Waals surface area contributed by atoms with Crippen LogP contribution < -0.4 is 0 Å². The molecular weight excluding hydrogens is 424 g/mol. The third-order valence-corrected chi connectivity index (χ3v) is 6.57. The van der Waals surface area contributed by atoms with Crippen LogP contribution in [0.4, 0.5) is 0 Å². The van der Waals surface area contributed by atoms with Crippen molar-refractivity contribution in [1.29, 1.82) is 0 Å². The van der Waals surface area contributed by atoms with Crippen molar-refractivity contribution in [2.24, 2.45) is 0 Å². The van der Waals surface area contributed by atoms with Crippen LogP contribution in [0.1, 0.15) is 39.6 Å². The highest BCUT2D eigenvalue weighted by molar-refractivity contribution is 6.30. The van der Waals surface area contributed by atoms with E-state index in [-0.39, 0.29) is 11.9 Å². The molecular formula is C25H27ClN4O2. The average Bonchev–Trinajstić information content (AvgIpc) is 3.34. The summed E-state index contributed by atoms with van der Waals surface area (Å²) < 4.78 is 5.45. The van der Waals surface area contributed by atoms with Crippen LogP contribution in [0.5, 0.6) is 0 Å². The molecule has 2 aliphatic heterocycles. The number of aromatic amines is 1. The number of ether oxygens (including phenoxy) is 1. The minimum absolute atomic E-state index is 0.00202. The Balaban J connectivity index is 1.47. The van der Waals surface area contributed by atoms with Crippen LogP contribution >= 0.6 is 11.6 Å². The van der Waals surface area contributed by atoms with E-state index in [4.69, 9.17) is 16.3 Å². The first-order valence-electron chi connectivity index (χ1n) is 11.1. The van der Waals surface area contributed by atoms with Gasteiger partial charge in [-0.2, -0.15) is 5.10 Å².